The van der Waals surface area contributed by atoms with Crippen LogP contribution in [0.4, 0.5) is 11.4 Å². The van der Waals surface area contributed by atoms with E-state index in [1.807, 2.05) is 38.2 Å². The van der Waals surface area contributed by atoms with E-state index in [4.69, 9.17) is 0 Å². The maximum Gasteiger partial charge on any atom is 0.257 e. The van der Waals surface area contributed by atoms with Crippen molar-refractivity contribution < 1.29 is 4.79 Å². The lowest BCUT2D eigenvalue weighted by Crippen LogP contribution is -2.14. The lowest BCUT2D eigenvalue weighted by molar-refractivity contribution is 0.102. The Morgan fingerprint density at radius 3 is 2.67 bits per heavy atom. The van der Waals surface area contributed by atoms with Crippen molar-refractivity contribution in [2.45, 2.75) is 26.2 Å². The number of anilines is 2. The standard InChI is InChI=1S/C18H20N2O/c1-12-6-9-16(17(10-12)19-2)18(21)20-15-8-7-13-4-3-5-14(13)11-15/h6-11,19H,3-5H2,1-2H3,(H,20,21). The van der Waals surface area contributed by atoms with Crippen molar-refractivity contribution in [3.05, 3.63) is 58.7 Å². The molecule has 0 spiro atoms. The van der Waals surface area contributed by atoms with Crippen LogP contribution in [0.15, 0.2) is 36.4 Å². The molecule has 2 N–H and O–H groups in total. The molecule has 3 nitrogen and oxygen atoms in total. The summed E-state index contributed by atoms with van der Waals surface area (Å²) in [5.74, 6) is -0.0719. The molecule has 21 heavy (non-hydrogen) atoms. The first-order valence-corrected chi connectivity index (χ1v) is 7.39. The molecule has 1 aliphatic carbocycles. The van der Waals surface area contributed by atoms with Crippen LogP contribution in [0.1, 0.15) is 33.5 Å². The maximum atomic E-state index is 12.5. The molecular weight excluding hydrogens is 260 g/mol. The fraction of sp³-hybridized carbons (Fsp3) is 0.278. The van der Waals surface area contributed by atoms with E-state index in [2.05, 4.69) is 22.8 Å². The van der Waals surface area contributed by atoms with E-state index < -0.39 is 0 Å². The van der Waals surface area contributed by atoms with Crippen LogP contribution in [0.3, 0.4) is 0 Å². The van der Waals surface area contributed by atoms with Crippen LogP contribution >= 0.6 is 0 Å². The minimum absolute atomic E-state index is 0.0719. The second-order valence-electron chi connectivity index (χ2n) is 5.59. The van der Waals surface area contributed by atoms with Crippen molar-refractivity contribution >= 4 is 17.3 Å². The van der Waals surface area contributed by atoms with Crippen LogP contribution in [-0.4, -0.2) is 13.0 Å². The molecule has 0 unspecified atom stereocenters. The number of carbonyl (C=O) groups is 1. The molecule has 0 saturated heterocycles. The molecule has 0 heterocycles. The van der Waals surface area contributed by atoms with Gasteiger partial charge in [0.2, 0.25) is 0 Å². The molecule has 0 aliphatic heterocycles. The summed E-state index contributed by atoms with van der Waals surface area (Å²) >= 11 is 0. The van der Waals surface area contributed by atoms with Gasteiger partial charge in [-0.2, -0.15) is 0 Å². The number of nitrogens with one attached hydrogen (secondary N) is 2. The molecule has 3 heteroatoms. The minimum Gasteiger partial charge on any atom is -0.387 e. The summed E-state index contributed by atoms with van der Waals surface area (Å²) in [5.41, 5.74) is 6.32. The van der Waals surface area contributed by atoms with Crippen LogP contribution in [0, 0.1) is 6.92 Å². The Kier molecular flexibility index (Phi) is 3.65. The van der Waals surface area contributed by atoms with Crippen molar-refractivity contribution in [2.75, 3.05) is 17.7 Å². The molecule has 0 bridgehead atoms. The summed E-state index contributed by atoms with van der Waals surface area (Å²) in [5, 5.41) is 6.09. The third-order valence-corrected chi connectivity index (χ3v) is 4.05. The van der Waals surface area contributed by atoms with Gasteiger partial charge in [-0.15, -0.1) is 0 Å². The summed E-state index contributed by atoms with van der Waals surface area (Å²) in [6.07, 6.45) is 3.49. The highest BCUT2D eigenvalue weighted by atomic mass is 16.1. The van der Waals surface area contributed by atoms with Gasteiger partial charge in [-0.1, -0.05) is 12.1 Å². The average Bonchev–Trinajstić information content (AvgIpc) is 2.94. The van der Waals surface area contributed by atoms with Crippen molar-refractivity contribution in [3.8, 4) is 0 Å². The second kappa shape index (κ2) is 5.60. The number of benzene rings is 2. The molecule has 2 aromatic rings. The number of fused-ring (bicyclic) bond motifs is 1. The first-order chi connectivity index (χ1) is 10.2. The number of aryl methyl sites for hydroxylation is 3. The predicted octanol–water partition coefficient (Wildman–Crippen LogP) is 3.78. The molecule has 0 atom stereocenters. The first kappa shape index (κ1) is 13.7. The molecule has 0 aromatic heterocycles. The number of hydrogen-bond donors (Lipinski definition) is 2. The fourth-order valence-corrected chi connectivity index (χ4v) is 2.91. The summed E-state index contributed by atoms with van der Waals surface area (Å²) in [7, 11) is 1.83. The average molecular weight is 280 g/mol. The Balaban J connectivity index is 1.83. The summed E-state index contributed by atoms with van der Waals surface area (Å²) in [4.78, 5) is 12.5. The van der Waals surface area contributed by atoms with E-state index in [1.54, 1.807) is 0 Å². The molecule has 0 radical (unpaired) electrons. The van der Waals surface area contributed by atoms with Gasteiger partial charge in [0.15, 0.2) is 0 Å². The molecule has 3 rings (SSSR count). The molecule has 1 amide bonds. The normalized spacial score (nSPS) is 12.9. The number of carbonyl (C=O) groups excluding carboxylic acids is 1. The van der Waals surface area contributed by atoms with Crippen LogP contribution in [0.2, 0.25) is 0 Å². The molecular formula is C18H20N2O. The van der Waals surface area contributed by atoms with Gasteiger partial charge in [0, 0.05) is 18.4 Å². The van der Waals surface area contributed by atoms with Crippen molar-refractivity contribution in [3.63, 3.8) is 0 Å². The van der Waals surface area contributed by atoms with Crippen LogP contribution < -0.4 is 10.6 Å². The Labute approximate surface area is 125 Å². The highest BCUT2D eigenvalue weighted by molar-refractivity contribution is 6.08. The quantitative estimate of drug-likeness (QED) is 0.898. The highest BCUT2D eigenvalue weighted by Crippen LogP contribution is 2.26. The molecule has 2 aromatic carbocycles. The van der Waals surface area contributed by atoms with E-state index in [9.17, 15) is 4.79 Å². The van der Waals surface area contributed by atoms with E-state index in [0.29, 0.717) is 5.56 Å². The van der Waals surface area contributed by atoms with Crippen LogP contribution in [-0.2, 0) is 12.8 Å². The lowest BCUT2D eigenvalue weighted by atomic mass is 10.1. The van der Waals surface area contributed by atoms with Gasteiger partial charge in [0.25, 0.3) is 5.91 Å². The molecule has 0 fully saturated rings. The summed E-state index contributed by atoms with van der Waals surface area (Å²) in [6, 6.07) is 12.0. The monoisotopic (exact) mass is 280 g/mol. The topological polar surface area (TPSA) is 41.1 Å². The number of rotatable bonds is 3. The minimum atomic E-state index is -0.0719. The first-order valence-electron chi connectivity index (χ1n) is 7.39. The van der Waals surface area contributed by atoms with Crippen molar-refractivity contribution in [2.24, 2.45) is 0 Å². The van der Waals surface area contributed by atoms with Gasteiger partial charge < -0.3 is 10.6 Å². The Morgan fingerprint density at radius 2 is 1.86 bits per heavy atom. The fourth-order valence-electron chi connectivity index (χ4n) is 2.91. The Bertz CT molecular complexity index is 692. The van der Waals surface area contributed by atoms with Crippen LogP contribution in [0.5, 0.6) is 0 Å². The van der Waals surface area contributed by atoms with Gasteiger partial charge in [-0.3, -0.25) is 4.79 Å². The lowest BCUT2D eigenvalue weighted by Gasteiger charge is -2.11. The van der Waals surface area contributed by atoms with Gasteiger partial charge in [0.05, 0.1) is 5.56 Å². The second-order valence-corrected chi connectivity index (χ2v) is 5.59. The third kappa shape index (κ3) is 2.77. The van der Waals surface area contributed by atoms with Gasteiger partial charge in [-0.25, -0.2) is 0 Å². The van der Waals surface area contributed by atoms with Gasteiger partial charge >= 0.3 is 0 Å². The van der Waals surface area contributed by atoms with Crippen molar-refractivity contribution in [1.82, 2.24) is 0 Å². The smallest absolute Gasteiger partial charge is 0.257 e. The third-order valence-electron chi connectivity index (χ3n) is 4.05. The number of amides is 1. The van der Waals surface area contributed by atoms with E-state index in [1.165, 1.54) is 17.5 Å². The zero-order valence-corrected chi connectivity index (χ0v) is 12.5. The van der Waals surface area contributed by atoms with E-state index in [-0.39, 0.29) is 5.91 Å². The SMILES string of the molecule is CNc1cc(C)ccc1C(=O)Nc1ccc2c(c1)CCC2. The number of hydrogen-bond acceptors (Lipinski definition) is 2. The van der Waals surface area contributed by atoms with Crippen molar-refractivity contribution in [1.29, 1.82) is 0 Å². The predicted molar refractivity (Wildman–Crippen MR) is 87.1 cm³/mol. The maximum absolute atomic E-state index is 12.5. The highest BCUT2D eigenvalue weighted by Gasteiger charge is 2.14. The van der Waals surface area contributed by atoms with E-state index in [0.717, 1.165) is 29.8 Å². The summed E-state index contributed by atoms with van der Waals surface area (Å²) < 4.78 is 0. The molecule has 108 valence electrons. The largest absolute Gasteiger partial charge is 0.387 e. The van der Waals surface area contributed by atoms with E-state index >= 15 is 0 Å². The van der Waals surface area contributed by atoms with Crippen LogP contribution in [0.25, 0.3) is 0 Å². The Hall–Kier alpha value is -2.29. The van der Waals surface area contributed by atoms with Gasteiger partial charge in [0.1, 0.15) is 0 Å². The zero-order valence-electron chi connectivity index (χ0n) is 12.5. The van der Waals surface area contributed by atoms with Gasteiger partial charge in [-0.05, 0) is 67.1 Å². The zero-order chi connectivity index (χ0) is 14.8. The molecule has 1 aliphatic rings. The summed E-state index contributed by atoms with van der Waals surface area (Å²) in [6.45, 7) is 2.02. The Morgan fingerprint density at radius 1 is 1.05 bits per heavy atom. The molecule has 0 saturated carbocycles.